The number of halogens is 1. The Labute approximate surface area is 163 Å². The van der Waals surface area contributed by atoms with Crippen LogP contribution in [0.1, 0.15) is 41.6 Å². The fourth-order valence-corrected chi connectivity index (χ4v) is 4.66. The summed E-state index contributed by atoms with van der Waals surface area (Å²) in [6.45, 7) is 3.75. The minimum atomic E-state index is -0.0337. The van der Waals surface area contributed by atoms with Crippen LogP contribution in [0.15, 0.2) is 22.7 Å². The van der Waals surface area contributed by atoms with Crippen molar-refractivity contribution in [1.82, 2.24) is 15.1 Å². The first kappa shape index (κ1) is 18.0. The molecule has 0 unspecified atom stereocenters. The normalized spacial score (nSPS) is 22.4. The minimum Gasteiger partial charge on any atom is -0.354 e. The average Bonchev–Trinajstić information content (AvgIpc) is 3.39. The van der Waals surface area contributed by atoms with E-state index in [1.54, 1.807) is 4.90 Å². The number of benzene rings is 1. The molecule has 1 aromatic carbocycles. The molecule has 0 radical (unpaired) electrons. The Balaban J connectivity index is 1.37. The molecule has 1 aliphatic carbocycles. The number of piperidine rings is 1. The van der Waals surface area contributed by atoms with E-state index in [1.165, 1.54) is 0 Å². The van der Waals surface area contributed by atoms with Gasteiger partial charge < -0.3 is 15.1 Å². The van der Waals surface area contributed by atoms with Crippen LogP contribution in [0.5, 0.6) is 0 Å². The second-order valence-corrected chi connectivity index (χ2v) is 9.10. The van der Waals surface area contributed by atoms with E-state index in [9.17, 15) is 9.59 Å². The lowest BCUT2D eigenvalue weighted by atomic mass is 9.86. The maximum Gasteiger partial charge on any atom is 0.254 e. The first-order valence-electron chi connectivity index (χ1n) is 9.51. The number of rotatable bonds is 4. The number of carbonyl (C=O) groups is 2. The van der Waals surface area contributed by atoms with E-state index in [0.29, 0.717) is 12.5 Å². The van der Waals surface area contributed by atoms with Crippen molar-refractivity contribution in [3.8, 4) is 0 Å². The van der Waals surface area contributed by atoms with Gasteiger partial charge in [0.1, 0.15) is 0 Å². The summed E-state index contributed by atoms with van der Waals surface area (Å²) in [5.74, 6) is 0.508. The van der Waals surface area contributed by atoms with Crippen LogP contribution in [-0.4, -0.2) is 61.4 Å². The van der Waals surface area contributed by atoms with Crippen LogP contribution in [0.2, 0.25) is 0 Å². The summed E-state index contributed by atoms with van der Waals surface area (Å²) in [7, 11) is 2.14. The van der Waals surface area contributed by atoms with Crippen molar-refractivity contribution in [3.05, 3.63) is 33.8 Å². The summed E-state index contributed by atoms with van der Waals surface area (Å²) in [6, 6.07) is 5.89. The molecule has 3 aliphatic rings. The molecule has 0 aromatic heterocycles. The summed E-state index contributed by atoms with van der Waals surface area (Å²) in [5, 5.41) is 3.06. The van der Waals surface area contributed by atoms with Crippen LogP contribution in [0.25, 0.3) is 0 Å². The zero-order chi connectivity index (χ0) is 18.3. The van der Waals surface area contributed by atoms with Gasteiger partial charge in [-0.15, -0.1) is 0 Å². The second kappa shape index (κ2) is 6.97. The molecule has 1 saturated heterocycles. The molecule has 2 heterocycles. The fourth-order valence-electron chi connectivity index (χ4n) is 4.29. The lowest BCUT2D eigenvalue weighted by Gasteiger charge is -2.34. The fraction of sp³-hybridized carbons (Fsp3) is 0.600. The van der Waals surface area contributed by atoms with Crippen LogP contribution in [0, 0.1) is 5.92 Å². The van der Waals surface area contributed by atoms with Gasteiger partial charge in [0, 0.05) is 28.5 Å². The molecule has 6 heteroatoms. The van der Waals surface area contributed by atoms with Gasteiger partial charge >= 0.3 is 0 Å². The molecule has 2 aliphatic heterocycles. The van der Waals surface area contributed by atoms with E-state index in [4.69, 9.17) is 0 Å². The van der Waals surface area contributed by atoms with Gasteiger partial charge in [0.15, 0.2) is 0 Å². The molecule has 26 heavy (non-hydrogen) atoms. The first-order valence-corrected chi connectivity index (χ1v) is 10.3. The van der Waals surface area contributed by atoms with Crippen molar-refractivity contribution in [1.29, 1.82) is 0 Å². The van der Waals surface area contributed by atoms with Gasteiger partial charge in [0.25, 0.3) is 5.91 Å². The minimum absolute atomic E-state index is 0.0144. The third kappa shape index (κ3) is 3.54. The molecular formula is C20H26BrN3O2. The van der Waals surface area contributed by atoms with Crippen LogP contribution in [0.4, 0.5) is 0 Å². The molecule has 1 spiro atoms. The predicted octanol–water partition coefficient (Wildman–Crippen LogP) is 2.39. The Kier molecular flexibility index (Phi) is 4.82. The van der Waals surface area contributed by atoms with Gasteiger partial charge in [-0.2, -0.15) is 0 Å². The smallest absolute Gasteiger partial charge is 0.254 e. The Morgan fingerprint density at radius 3 is 2.73 bits per heavy atom. The molecule has 140 valence electrons. The van der Waals surface area contributed by atoms with Crippen molar-refractivity contribution < 1.29 is 9.59 Å². The maximum absolute atomic E-state index is 12.8. The van der Waals surface area contributed by atoms with Crippen LogP contribution >= 0.6 is 15.9 Å². The SMILES string of the molecule is CN1CCC(CNC(=O)CN2CC3(CC3)c3cc(Br)ccc3C2=O)CC1. The highest BCUT2D eigenvalue weighted by Gasteiger charge is 2.51. The van der Waals surface area contributed by atoms with Gasteiger partial charge in [-0.1, -0.05) is 15.9 Å². The highest BCUT2D eigenvalue weighted by atomic mass is 79.9. The number of nitrogens with one attached hydrogen (secondary N) is 1. The number of amides is 2. The van der Waals surface area contributed by atoms with Crippen LogP contribution < -0.4 is 5.32 Å². The third-order valence-electron chi connectivity index (χ3n) is 6.18. The molecule has 1 aromatic rings. The van der Waals surface area contributed by atoms with Crippen molar-refractivity contribution >= 4 is 27.7 Å². The summed E-state index contributed by atoms with van der Waals surface area (Å²) in [6.07, 6.45) is 4.45. The van der Waals surface area contributed by atoms with Crippen molar-refractivity contribution in [2.24, 2.45) is 5.92 Å². The lowest BCUT2D eigenvalue weighted by molar-refractivity contribution is -0.122. The van der Waals surface area contributed by atoms with Crippen LogP contribution in [0.3, 0.4) is 0 Å². The van der Waals surface area contributed by atoms with E-state index in [0.717, 1.165) is 60.9 Å². The van der Waals surface area contributed by atoms with E-state index in [1.807, 2.05) is 12.1 Å². The molecule has 2 fully saturated rings. The standard InChI is InChI=1S/C20H26BrN3O2/c1-23-8-4-14(5-9-23)11-22-18(25)12-24-13-20(6-7-20)17-10-15(21)2-3-16(17)19(24)26/h2-3,10,14H,4-9,11-13H2,1H3,(H,22,25). The van der Waals surface area contributed by atoms with Crippen LogP contribution in [-0.2, 0) is 10.2 Å². The van der Waals surface area contributed by atoms with Crippen molar-refractivity contribution in [3.63, 3.8) is 0 Å². The van der Waals surface area contributed by atoms with Gasteiger partial charge in [-0.05, 0) is 75.5 Å². The zero-order valence-corrected chi connectivity index (χ0v) is 16.8. The molecule has 0 atom stereocenters. The largest absolute Gasteiger partial charge is 0.354 e. The van der Waals surface area contributed by atoms with Crippen molar-refractivity contribution in [2.45, 2.75) is 31.1 Å². The molecule has 0 bridgehead atoms. The quantitative estimate of drug-likeness (QED) is 0.814. The predicted molar refractivity (Wildman–Crippen MR) is 104 cm³/mol. The lowest BCUT2D eigenvalue weighted by Crippen LogP contribution is -2.48. The third-order valence-corrected chi connectivity index (χ3v) is 6.67. The van der Waals surface area contributed by atoms with Gasteiger partial charge in [-0.3, -0.25) is 9.59 Å². The van der Waals surface area contributed by atoms with E-state index in [2.05, 4.69) is 39.3 Å². The molecule has 4 rings (SSSR count). The monoisotopic (exact) mass is 419 g/mol. The van der Waals surface area contributed by atoms with Gasteiger partial charge in [0.05, 0.1) is 6.54 Å². The number of fused-ring (bicyclic) bond motifs is 2. The van der Waals surface area contributed by atoms with E-state index < -0.39 is 0 Å². The van der Waals surface area contributed by atoms with Gasteiger partial charge in [-0.25, -0.2) is 0 Å². The summed E-state index contributed by atoms with van der Waals surface area (Å²) < 4.78 is 1.01. The number of likely N-dealkylation sites (tertiary alicyclic amines) is 1. The molecule has 2 amide bonds. The molecular weight excluding hydrogens is 394 g/mol. The van der Waals surface area contributed by atoms with Gasteiger partial charge in [0.2, 0.25) is 5.91 Å². The first-order chi connectivity index (χ1) is 12.5. The Morgan fingerprint density at radius 2 is 2.04 bits per heavy atom. The summed E-state index contributed by atoms with van der Waals surface area (Å²) in [5.41, 5.74) is 1.99. The number of hydrogen-bond donors (Lipinski definition) is 1. The van der Waals surface area contributed by atoms with E-state index in [-0.39, 0.29) is 23.8 Å². The highest BCUT2D eigenvalue weighted by Crippen LogP contribution is 2.52. The van der Waals surface area contributed by atoms with E-state index >= 15 is 0 Å². The second-order valence-electron chi connectivity index (χ2n) is 8.18. The Morgan fingerprint density at radius 1 is 1.31 bits per heavy atom. The Bertz CT molecular complexity index is 724. The topological polar surface area (TPSA) is 52.7 Å². The summed E-state index contributed by atoms with van der Waals surface area (Å²) >= 11 is 3.52. The number of hydrogen-bond acceptors (Lipinski definition) is 3. The zero-order valence-electron chi connectivity index (χ0n) is 15.3. The average molecular weight is 420 g/mol. The molecule has 5 nitrogen and oxygen atoms in total. The molecule has 1 saturated carbocycles. The summed E-state index contributed by atoms with van der Waals surface area (Å²) in [4.78, 5) is 29.4. The highest BCUT2D eigenvalue weighted by molar-refractivity contribution is 9.10. The number of nitrogens with zero attached hydrogens (tertiary/aromatic N) is 2. The number of carbonyl (C=O) groups excluding carboxylic acids is 2. The molecule has 1 N–H and O–H groups in total. The maximum atomic E-state index is 12.8. The van der Waals surface area contributed by atoms with Crippen molar-refractivity contribution in [2.75, 3.05) is 39.8 Å². The Hall–Kier alpha value is -1.40.